The Bertz CT molecular complexity index is 724. The molecular weight excluding hydrogens is 276 g/mol. The number of aromatic nitrogens is 3. The van der Waals surface area contributed by atoms with Gasteiger partial charge in [-0.2, -0.15) is 4.98 Å². The maximum Gasteiger partial charge on any atom is 0.265 e. The summed E-state index contributed by atoms with van der Waals surface area (Å²) in [6.45, 7) is 2.80. The SMILES string of the molecule is CCNc1cn2ccnc2c(Oc2ccc(Cl)cc2)n1. The fraction of sp³-hybridized carbons (Fsp3) is 0.143. The zero-order valence-electron chi connectivity index (χ0n) is 10.9. The molecule has 0 aliphatic carbocycles. The van der Waals surface area contributed by atoms with Crippen LogP contribution in [0.3, 0.4) is 0 Å². The molecule has 0 aliphatic heterocycles. The van der Waals surface area contributed by atoms with Crippen molar-refractivity contribution in [3.8, 4) is 11.6 Å². The van der Waals surface area contributed by atoms with Gasteiger partial charge in [0.2, 0.25) is 5.65 Å². The van der Waals surface area contributed by atoms with Gasteiger partial charge in [-0.3, -0.25) is 4.40 Å². The Hall–Kier alpha value is -2.27. The van der Waals surface area contributed by atoms with Gasteiger partial charge in [-0.05, 0) is 31.2 Å². The van der Waals surface area contributed by atoms with Crippen molar-refractivity contribution in [2.75, 3.05) is 11.9 Å². The Morgan fingerprint density at radius 3 is 2.85 bits per heavy atom. The van der Waals surface area contributed by atoms with E-state index in [0.717, 1.165) is 12.4 Å². The molecule has 2 heterocycles. The van der Waals surface area contributed by atoms with E-state index in [1.165, 1.54) is 0 Å². The average Bonchev–Trinajstić information content (AvgIpc) is 2.90. The molecule has 102 valence electrons. The highest BCUT2D eigenvalue weighted by Crippen LogP contribution is 2.25. The second kappa shape index (κ2) is 5.38. The molecule has 2 aromatic heterocycles. The molecular formula is C14H13ClN4O. The molecule has 3 aromatic rings. The van der Waals surface area contributed by atoms with E-state index >= 15 is 0 Å². The molecule has 6 heteroatoms. The predicted octanol–water partition coefficient (Wildman–Crippen LogP) is 3.61. The third-order valence-corrected chi connectivity index (χ3v) is 2.98. The van der Waals surface area contributed by atoms with Crippen LogP contribution in [0.15, 0.2) is 42.9 Å². The molecule has 0 atom stereocenters. The number of fused-ring (bicyclic) bond motifs is 1. The number of ether oxygens (including phenoxy) is 1. The Balaban J connectivity index is 2.00. The van der Waals surface area contributed by atoms with Gasteiger partial charge in [-0.1, -0.05) is 11.6 Å². The summed E-state index contributed by atoms with van der Waals surface area (Å²) in [4.78, 5) is 8.69. The van der Waals surface area contributed by atoms with Crippen molar-refractivity contribution in [2.24, 2.45) is 0 Å². The zero-order valence-corrected chi connectivity index (χ0v) is 11.6. The summed E-state index contributed by atoms with van der Waals surface area (Å²) in [6, 6.07) is 7.13. The highest BCUT2D eigenvalue weighted by molar-refractivity contribution is 6.30. The van der Waals surface area contributed by atoms with Crippen LogP contribution >= 0.6 is 11.6 Å². The van der Waals surface area contributed by atoms with E-state index in [-0.39, 0.29) is 0 Å². The maximum absolute atomic E-state index is 5.86. The fourth-order valence-corrected chi connectivity index (χ4v) is 1.98. The largest absolute Gasteiger partial charge is 0.436 e. The van der Waals surface area contributed by atoms with E-state index in [1.807, 2.05) is 23.7 Å². The van der Waals surface area contributed by atoms with Gasteiger partial charge in [0.25, 0.3) is 5.88 Å². The Morgan fingerprint density at radius 2 is 2.10 bits per heavy atom. The Morgan fingerprint density at radius 1 is 1.30 bits per heavy atom. The monoisotopic (exact) mass is 288 g/mol. The number of nitrogens with one attached hydrogen (secondary N) is 1. The number of hydrogen-bond donors (Lipinski definition) is 1. The zero-order chi connectivity index (χ0) is 13.9. The number of benzene rings is 1. The first-order chi connectivity index (χ1) is 9.76. The number of imidazole rings is 1. The summed E-state index contributed by atoms with van der Waals surface area (Å²) in [5, 5.41) is 3.83. The number of nitrogens with zero attached hydrogens (tertiary/aromatic N) is 3. The van der Waals surface area contributed by atoms with Crippen LogP contribution in [-0.4, -0.2) is 20.9 Å². The fourth-order valence-electron chi connectivity index (χ4n) is 1.85. The van der Waals surface area contributed by atoms with Crippen LogP contribution in [0.2, 0.25) is 5.02 Å². The second-order valence-corrected chi connectivity index (χ2v) is 4.61. The van der Waals surface area contributed by atoms with Gasteiger partial charge in [0.15, 0.2) is 0 Å². The topological polar surface area (TPSA) is 51.5 Å². The molecule has 3 rings (SSSR count). The van der Waals surface area contributed by atoms with Gasteiger partial charge in [0.1, 0.15) is 11.6 Å². The molecule has 0 bridgehead atoms. The van der Waals surface area contributed by atoms with Crippen molar-refractivity contribution < 1.29 is 4.74 Å². The van der Waals surface area contributed by atoms with Crippen molar-refractivity contribution >= 4 is 23.1 Å². The Labute approximate surface area is 121 Å². The van der Waals surface area contributed by atoms with Crippen LogP contribution < -0.4 is 10.1 Å². The lowest BCUT2D eigenvalue weighted by atomic mass is 10.3. The Kier molecular flexibility index (Phi) is 3.43. The van der Waals surface area contributed by atoms with E-state index < -0.39 is 0 Å². The lowest BCUT2D eigenvalue weighted by Crippen LogP contribution is -2.03. The van der Waals surface area contributed by atoms with Crippen LogP contribution in [-0.2, 0) is 0 Å². The maximum atomic E-state index is 5.86. The summed E-state index contributed by atoms with van der Waals surface area (Å²) >= 11 is 5.86. The number of hydrogen-bond acceptors (Lipinski definition) is 4. The van der Waals surface area contributed by atoms with Crippen molar-refractivity contribution in [1.29, 1.82) is 0 Å². The van der Waals surface area contributed by atoms with E-state index in [9.17, 15) is 0 Å². The van der Waals surface area contributed by atoms with Gasteiger partial charge in [-0.15, -0.1) is 0 Å². The van der Waals surface area contributed by atoms with Crippen molar-refractivity contribution in [2.45, 2.75) is 6.92 Å². The molecule has 0 aliphatic rings. The predicted molar refractivity (Wildman–Crippen MR) is 78.7 cm³/mol. The average molecular weight is 289 g/mol. The highest BCUT2D eigenvalue weighted by atomic mass is 35.5. The van der Waals surface area contributed by atoms with Crippen LogP contribution in [0.4, 0.5) is 5.82 Å². The van der Waals surface area contributed by atoms with E-state index in [4.69, 9.17) is 16.3 Å². The molecule has 0 unspecified atom stereocenters. The number of halogens is 1. The standard InChI is InChI=1S/C14H13ClN4O/c1-2-16-12-9-19-8-7-17-13(19)14(18-12)20-11-5-3-10(15)4-6-11/h3-9,16H,2H2,1H3. The molecule has 0 saturated carbocycles. The van der Waals surface area contributed by atoms with Crippen LogP contribution in [0.5, 0.6) is 11.6 Å². The molecule has 1 N–H and O–H groups in total. The molecule has 1 aromatic carbocycles. The smallest absolute Gasteiger partial charge is 0.265 e. The lowest BCUT2D eigenvalue weighted by molar-refractivity contribution is 0.465. The third-order valence-electron chi connectivity index (χ3n) is 2.73. The first kappa shape index (κ1) is 12.7. The third kappa shape index (κ3) is 2.53. The molecule has 0 fully saturated rings. The highest BCUT2D eigenvalue weighted by Gasteiger charge is 2.09. The normalized spacial score (nSPS) is 10.7. The first-order valence-electron chi connectivity index (χ1n) is 6.27. The van der Waals surface area contributed by atoms with E-state index in [0.29, 0.717) is 22.3 Å². The molecule has 5 nitrogen and oxygen atoms in total. The quantitative estimate of drug-likeness (QED) is 0.797. The molecule has 0 amide bonds. The minimum Gasteiger partial charge on any atom is -0.436 e. The van der Waals surface area contributed by atoms with Crippen molar-refractivity contribution in [3.63, 3.8) is 0 Å². The summed E-state index contributed by atoms with van der Waals surface area (Å²) in [5.41, 5.74) is 0.668. The molecule has 0 spiro atoms. The number of anilines is 1. The van der Waals surface area contributed by atoms with Gasteiger partial charge < -0.3 is 10.1 Å². The van der Waals surface area contributed by atoms with Crippen molar-refractivity contribution in [3.05, 3.63) is 47.9 Å². The first-order valence-corrected chi connectivity index (χ1v) is 6.65. The van der Waals surface area contributed by atoms with Gasteiger partial charge in [0, 0.05) is 24.0 Å². The second-order valence-electron chi connectivity index (χ2n) is 4.18. The van der Waals surface area contributed by atoms with Crippen LogP contribution in [0, 0.1) is 0 Å². The summed E-state index contributed by atoms with van der Waals surface area (Å²) in [6.07, 6.45) is 5.44. The minimum atomic E-state index is 0.454. The summed E-state index contributed by atoms with van der Waals surface area (Å²) in [5.74, 6) is 1.86. The van der Waals surface area contributed by atoms with Gasteiger partial charge in [0.05, 0.1) is 6.20 Å². The summed E-state index contributed by atoms with van der Waals surface area (Å²) in [7, 11) is 0. The van der Waals surface area contributed by atoms with Crippen LogP contribution in [0.1, 0.15) is 6.92 Å². The van der Waals surface area contributed by atoms with E-state index in [2.05, 4.69) is 15.3 Å². The van der Waals surface area contributed by atoms with Gasteiger partial charge >= 0.3 is 0 Å². The summed E-state index contributed by atoms with van der Waals surface area (Å²) < 4.78 is 7.67. The van der Waals surface area contributed by atoms with Gasteiger partial charge in [-0.25, -0.2) is 4.98 Å². The molecule has 0 radical (unpaired) electrons. The van der Waals surface area contributed by atoms with E-state index in [1.54, 1.807) is 30.5 Å². The molecule has 0 saturated heterocycles. The number of rotatable bonds is 4. The van der Waals surface area contributed by atoms with Crippen LogP contribution in [0.25, 0.3) is 5.65 Å². The minimum absolute atomic E-state index is 0.454. The lowest BCUT2D eigenvalue weighted by Gasteiger charge is -2.09. The molecule has 20 heavy (non-hydrogen) atoms. The van der Waals surface area contributed by atoms with Crippen molar-refractivity contribution in [1.82, 2.24) is 14.4 Å².